The largest absolute Gasteiger partial charge is 0.454 e. The molecule has 27 heavy (non-hydrogen) atoms. The average molecular weight is 372 g/mol. The maximum absolute atomic E-state index is 13.1. The minimum absolute atomic E-state index is 0.175. The molecule has 0 aromatic heterocycles. The van der Waals surface area contributed by atoms with Crippen molar-refractivity contribution in [3.63, 3.8) is 0 Å². The molecule has 1 amide bonds. The third-order valence-electron chi connectivity index (χ3n) is 5.62. The van der Waals surface area contributed by atoms with Gasteiger partial charge >= 0.3 is 5.97 Å². The van der Waals surface area contributed by atoms with Crippen LogP contribution in [-0.4, -0.2) is 48.3 Å². The monoisotopic (exact) mass is 372 g/mol. The van der Waals surface area contributed by atoms with Crippen molar-refractivity contribution in [1.29, 1.82) is 0 Å². The van der Waals surface area contributed by atoms with Crippen LogP contribution in [-0.2, 0) is 14.3 Å². The number of carbonyl (C=O) groups excluding carboxylic acids is 2. The zero-order chi connectivity index (χ0) is 19.2. The molecule has 0 aliphatic carbocycles. The van der Waals surface area contributed by atoms with Crippen LogP contribution in [0.3, 0.4) is 0 Å². The van der Waals surface area contributed by atoms with Gasteiger partial charge in [-0.3, -0.25) is 4.79 Å². The molecule has 1 saturated heterocycles. The molecule has 1 spiro atoms. The van der Waals surface area contributed by atoms with Crippen LogP contribution in [0.5, 0.6) is 11.5 Å². The van der Waals surface area contributed by atoms with Crippen molar-refractivity contribution in [2.24, 2.45) is 0 Å². The maximum atomic E-state index is 13.1. The lowest BCUT2D eigenvalue weighted by Crippen LogP contribution is -2.49. The van der Waals surface area contributed by atoms with E-state index in [0.717, 1.165) is 13.1 Å². The number of nitrogens with zero attached hydrogens (tertiary/aromatic N) is 1. The highest BCUT2D eigenvalue weighted by atomic mass is 16.7. The second kappa shape index (κ2) is 6.56. The summed E-state index contributed by atoms with van der Waals surface area (Å²) in [4.78, 5) is 27.7. The molecule has 0 unspecified atom stereocenters. The van der Waals surface area contributed by atoms with Crippen LogP contribution in [0.4, 0.5) is 5.69 Å². The number of benzene rings is 1. The predicted molar refractivity (Wildman–Crippen MR) is 98.7 cm³/mol. The van der Waals surface area contributed by atoms with Gasteiger partial charge < -0.3 is 24.4 Å². The van der Waals surface area contributed by atoms with Gasteiger partial charge in [0, 0.05) is 49.3 Å². The van der Waals surface area contributed by atoms with E-state index < -0.39 is 11.6 Å². The summed E-state index contributed by atoms with van der Waals surface area (Å²) in [5.41, 5.74) is 0.617. The van der Waals surface area contributed by atoms with Crippen molar-refractivity contribution in [3.8, 4) is 11.5 Å². The van der Waals surface area contributed by atoms with Crippen molar-refractivity contribution in [2.75, 3.05) is 25.2 Å². The van der Waals surface area contributed by atoms with Crippen LogP contribution in [0, 0.1) is 0 Å². The Morgan fingerprint density at radius 2 is 1.89 bits per heavy atom. The Bertz CT molecular complexity index is 822. The first-order chi connectivity index (χ1) is 12.9. The number of rotatable bonds is 3. The smallest absolute Gasteiger partial charge is 0.335 e. The number of esters is 1. The Hall–Kier alpha value is -2.54. The first-order valence-electron chi connectivity index (χ1n) is 9.29. The number of amides is 1. The van der Waals surface area contributed by atoms with E-state index in [1.54, 1.807) is 25.1 Å². The van der Waals surface area contributed by atoms with E-state index >= 15 is 0 Å². The summed E-state index contributed by atoms with van der Waals surface area (Å²) in [6, 6.07) is 5.66. The number of piperidine rings is 1. The summed E-state index contributed by atoms with van der Waals surface area (Å²) in [7, 11) is 0. The zero-order valence-electron chi connectivity index (χ0n) is 15.8. The van der Waals surface area contributed by atoms with Gasteiger partial charge in [-0.2, -0.15) is 0 Å². The number of likely N-dealkylation sites (tertiary alicyclic amines) is 1. The van der Waals surface area contributed by atoms with Gasteiger partial charge in [0.1, 0.15) is 5.60 Å². The number of anilines is 1. The first-order valence-corrected chi connectivity index (χ1v) is 9.29. The maximum Gasteiger partial charge on any atom is 0.335 e. The summed E-state index contributed by atoms with van der Waals surface area (Å²) in [6.45, 7) is 7.72. The van der Waals surface area contributed by atoms with E-state index in [-0.39, 0.29) is 12.7 Å². The quantitative estimate of drug-likeness (QED) is 0.822. The SMILES string of the molecule is CC1=C(C(=O)Nc2ccc3c(c2)OCO3)C2(CCN(C(C)C)CC2)OC1=O. The number of carbonyl (C=O) groups is 2. The molecule has 1 fully saturated rings. The lowest BCUT2D eigenvalue weighted by Gasteiger charge is -2.40. The Balaban J connectivity index is 1.56. The van der Waals surface area contributed by atoms with E-state index in [1.807, 2.05) is 0 Å². The summed E-state index contributed by atoms with van der Waals surface area (Å²) in [5.74, 6) is 0.552. The van der Waals surface area contributed by atoms with E-state index in [1.165, 1.54) is 0 Å². The van der Waals surface area contributed by atoms with Gasteiger partial charge in [0.05, 0.1) is 5.57 Å². The fraction of sp³-hybridized carbons (Fsp3) is 0.500. The standard InChI is InChI=1S/C20H24N2O5/c1-12(2)22-8-6-20(7-9-22)17(13(3)19(24)27-20)18(23)21-14-4-5-15-16(10-14)26-11-25-15/h4-5,10,12H,6-9,11H2,1-3H3,(H,21,23). The van der Waals surface area contributed by atoms with Crippen molar-refractivity contribution in [3.05, 3.63) is 29.3 Å². The molecule has 1 aromatic rings. The van der Waals surface area contributed by atoms with Crippen LogP contribution in [0.25, 0.3) is 0 Å². The Kier molecular flexibility index (Phi) is 4.34. The Labute approximate surface area is 158 Å². The lowest BCUT2D eigenvalue weighted by molar-refractivity contribution is -0.151. The minimum Gasteiger partial charge on any atom is -0.454 e. The summed E-state index contributed by atoms with van der Waals surface area (Å²) in [6.07, 6.45) is 1.25. The van der Waals surface area contributed by atoms with E-state index in [2.05, 4.69) is 24.1 Å². The van der Waals surface area contributed by atoms with Gasteiger partial charge in [-0.25, -0.2) is 4.79 Å². The molecule has 7 nitrogen and oxygen atoms in total. The molecule has 4 rings (SSSR count). The van der Waals surface area contributed by atoms with Crippen molar-refractivity contribution in [2.45, 2.75) is 45.3 Å². The molecule has 0 atom stereocenters. The average Bonchev–Trinajstić information content (AvgIpc) is 3.18. The number of hydrogen-bond donors (Lipinski definition) is 1. The Morgan fingerprint density at radius 3 is 2.59 bits per heavy atom. The van der Waals surface area contributed by atoms with Gasteiger partial charge in [0.25, 0.3) is 5.91 Å². The minimum atomic E-state index is -0.826. The van der Waals surface area contributed by atoms with Gasteiger partial charge in [0.2, 0.25) is 6.79 Å². The molecular formula is C20H24N2O5. The lowest BCUT2D eigenvalue weighted by atomic mass is 9.82. The fourth-order valence-corrected chi connectivity index (χ4v) is 4.05. The molecule has 1 aromatic carbocycles. The van der Waals surface area contributed by atoms with Crippen LogP contribution in [0.1, 0.15) is 33.6 Å². The zero-order valence-corrected chi connectivity index (χ0v) is 15.8. The highest BCUT2D eigenvalue weighted by Gasteiger charge is 2.51. The van der Waals surface area contributed by atoms with Crippen LogP contribution in [0.15, 0.2) is 29.3 Å². The molecule has 1 N–H and O–H groups in total. The highest BCUT2D eigenvalue weighted by Crippen LogP contribution is 2.42. The summed E-state index contributed by atoms with van der Waals surface area (Å²) >= 11 is 0. The van der Waals surface area contributed by atoms with Gasteiger partial charge in [0.15, 0.2) is 11.5 Å². The predicted octanol–water partition coefficient (Wildman–Crippen LogP) is 2.47. The molecular weight excluding hydrogens is 348 g/mol. The third kappa shape index (κ3) is 3.06. The van der Waals surface area contributed by atoms with Crippen LogP contribution >= 0.6 is 0 Å². The molecule has 3 heterocycles. The number of nitrogens with one attached hydrogen (secondary N) is 1. The van der Waals surface area contributed by atoms with E-state index in [0.29, 0.717) is 47.2 Å². The van der Waals surface area contributed by atoms with Crippen molar-refractivity contribution in [1.82, 2.24) is 4.90 Å². The molecule has 3 aliphatic rings. The molecule has 3 aliphatic heterocycles. The molecule has 0 saturated carbocycles. The summed E-state index contributed by atoms with van der Waals surface area (Å²) < 4.78 is 16.4. The molecule has 0 radical (unpaired) electrons. The third-order valence-corrected chi connectivity index (χ3v) is 5.62. The van der Waals surface area contributed by atoms with Crippen LogP contribution < -0.4 is 14.8 Å². The topological polar surface area (TPSA) is 77.1 Å². The molecule has 7 heteroatoms. The normalized spacial score (nSPS) is 21.1. The van der Waals surface area contributed by atoms with Gasteiger partial charge in [-0.15, -0.1) is 0 Å². The number of hydrogen-bond acceptors (Lipinski definition) is 6. The fourth-order valence-electron chi connectivity index (χ4n) is 4.05. The second-order valence-corrected chi connectivity index (χ2v) is 7.54. The molecule has 144 valence electrons. The van der Waals surface area contributed by atoms with Crippen molar-refractivity contribution >= 4 is 17.6 Å². The molecule has 0 bridgehead atoms. The van der Waals surface area contributed by atoms with E-state index in [4.69, 9.17) is 14.2 Å². The summed E-state index contributed by atoms with van der Waals surface area (Å²) in [5, 5.41) is 2.89. The van der Waals surface area contributed by atoms with Crippen molar-refractivity contribution < 1.29 is 23.8 Å². The van der Waals surface area contributed by atoms with E-state index in [9.17, 15) is 9.59 Å². The van der Waals surface area contributed by atoms with Gasteiger partial charge in [-0.1, -0.05) is 0 Å². The van der Waals surface area contributed by atoms with Crippen LogP contribution in [0.2, 0.25) is 0 Å². The second-order valence-electron chi connectivity index (χ2n) is 7.54. The number of ether oxygens (including phenoxy) is 3. The number of fused-ring (bicyclic) bond motifs is 1. The van der Waals surface area contributed by atoms with Gasteiger partial charge in [-0.05, 0) is 32.9 Å². The Morgan fingerprint density at radius 1 is 1.19 bits per heavy atom. The first kappa shape index (κ1) is 17.9. The highest BCUT2D eigenvalue weighted by molar-refractivity contribution is 6.12.